The Balaban J connectivity index is 2.18. The van der Waals surface area contributed by atoms with Crippen LogP contribution in [0.3, 0.4) is 0 Å². The largest absolute Gasteiger partial charge is 0.507 e. The average molecular weight is 287 g/mol. The second-order valence-electron chi connectivity index (χ2n) is 4.07. The molecule has 108 valence electrons. The van der Waals surface area contributed by atoms with Crippen molar-refractivity contribution in [2.75, 3.05) is 12.5 Å². The minimum Gasteiger partial charge on any atom is -0.507 e. The molecule has 0 aromatic heterocycles. The molecule has 0 saturated heterocycles. The zero-order chi connectivity index (χ0) is 15.2. The highest BCUT2D eigenvalue weighted by molar-refractivity contribution is 5.85. The van der Waals surface area contributed by atoms with Crippen LogP contribution < -0.4 is 10.2 Å². The number of methoxy groups -OCH3 is 1. The first-order valence-corrected chi connectivity index (χ1v) is 6.01. The SMILES string of the molecule is COc1ccccc1N/N=C\c1cc([N+](=O)[O-])ccc1O. The van der Waals surface area contributed by atoms with Gasteiger partial charge in [-0.1, -0.05) is 12.1 Å². The summed E-state index contributed by atoms with van der Waals surface area (Å²) in [4.78, 5) is 10.2. The maximum atomic E-state index is 10.7. The molecule has 0 spiro atoms. The molecule has 0 aliphatic rings. The molecule has 0 fully saturated rings. The van der Waals surface area contributed by atoms with E-state index in [0.717, 1.165) is 0 Å². The summed E-state index contributed by atoms with van der Waals surface area (Å²) in [5, 5.41) is 24.3. The van der Waals surface area contributed by atoms with Gasteiger partial charge in [-0.3, -0.25) is 15.5 Å². The van der Waals surface area contributed by atoms with Crippen molar-refractivity contribution in [2.24, 2.45) is 5.10 Å². The van der Waals surface area contributed by atoms with Crippen molar-refractivity contribution in [3.63, 3.8) is 0 Å². The first-order chi connectivity index (χ1) is 10.1. The molecule has 21 heavy (non-hydrogen) atoms. The van der Waals surface area contributed by atoms with Gasteiger partial charge in [0.2, 0.25) is 0 Å². The van der Waals surface area contributed by atoms with E-state index >= 15 is 0 Å². The quantitative estimate of drug-likeness (QED) is 0.500. The second-order valence-corrected chi connectivity index (χ2v) is 4.07. The lowest BCUT2D eigenvalue weighted by Gasteiger charge is -2.06. The Labute approximate surface area is 120 Å². The minimum atomic E-state index is -0.537. The summed E-state index contributed by atoms with van der Waals surface area (Å²) in [7, 11) is 1.54. The fourth-order valence-corrected chi connectivity index (χ4v) is 1.67. The van der Waals surface area contributed by atoms with Gasteiger partial charge in [0.25, 0.3) is 5.69 Å². The van der Waals surface area contributed by atoms with Crippen LogP contribution in [0, 0.1) is 10.1 Å². The lowest BCUT2D eigenvalue weighted by Crippen LogP contribution is -1.95. The van der Waals surface area contributed by atoms with Gasteiger partial charge in [0.05, 0.1) is 23.9 Å². The van der Waals surface area contributed by atoms with Crippen LogP contribution in [0.1, 0.15) is 5.56 Å². The Morgan fingerprint density at radius 1 is 1.33 bits per heavy atom. The van der Waals surface area contributed by atoms with Gasteiger partial charge in [-0.15, -0.1) is 0 Å². The number of rotatable bonds is 5. The van der Waals surface area contributed by atoms with Gasteiger partial charge in [-0.05, 0) is 18.2 Å². The number of para-hydroxylation sites is 2. The summed E-state index contributed by atoms with van der Waals surface area (Å²) in [5.41, 5.74) is 3.52. The number of nitrogens with zero attached hydrogens (tertiary/aromatic N) is 2. The minimum absolute atomic E-state index is 0.0915. The summed E-state index contributed by atoms with van der Waals surface area (Å²) in [6.07, 6.45) is 1.30. The molecule has 0 atom stereocenters. The van der Waals surface area contributed by atoms with Crippen LogP contribution in [0.5, 0.6) is 11.5 Å². The molecule has 0 bridgehead atoms. The number of hydrazone groups is 1. The van der Waals surface area contributed by atoms with Crippen LogP contribution in [-0.2, 0) is 0 Å². The first kappa shape index (κ1) is 14.3. The highest BCUT2D eigenvalue weighted by Gasteiger charge is 2.08. The van der Waals surface area contributed by atoms with E-state index in [-0.39, 0.29) is 17.0 Å². The Bertz CT molecular complexity index is 686. The topological polar surface area (TPSA) is 97.0 Å². The highest BCUT2D eigenvalue weighted by atomic mass is 16.6. The van der Waals surface area contributed by atoms with E-state index in [0.29, 0.717) is 11.4 Å². The molecule has 0 amide bonds. The molecule has 0 aliphatic heterocycles. The molecule has 2 aromatic carbocycles. The molecule has 2 N–H and O–H groups in total. The number of anilines is 1. The van der Waals surface area contributed by atoms with Gasteiger partial charge in [0, 0.05) is 17.7 Å². The maximum absolute atomic E-state index is 10.7. The third-order valence-corrected chi connectivity index (χ3v) is 2.72. The third-order valence-electron chi connectivity index (χ3n) is 2.72. The van der Waals surface area contributed by atoms with Crippen molar-refractivity contribution in [3.05, 3.63) is 58.1 Å². The normalized spacial score (nSPS) is 10.5. The smallest absolute Gasteiger partial charge is 0.270 e. The van der Waals surface area contributed by atoms with E-state index in [1.807, 2.05) is 12.1 Å². The van der Waals surface area contributed by atoms with Crippen LogP contribution >= 0.6 is 0 Å². The van der Waals surface area contributed by atoms with Gasteiger partial charge in [-0.2, -0.15) is 5.10 Å². The predicted octanol–water partition coefficient (Wildman–Crippen LogP) is 2.76. The molecule has 0 saturated carbocycles. The number of phenols is 1. The molecule has 7 nitrogen and oxygen atoms in total. The molecule has 0 heterocycles. The van der Waals surface area contributed by atoms with E-state index in [2.05, 4.69) is 10.5 Å². The van der Waals surface area contributed by atoms with Crippen molar-refractivity contribution in [3.8, 4) is 11.5 Å². The number of nitro groups is 1. The van der Waals surface area contributed by atoms with Crippen LogP contribution in [0.4, 0.5) is 11.4 Å². The summed E-state index contributed by atoms with van der Waals surface area (Å²) < 4.78 is 5.15. The van der Waals surface area contributed by atoms with Crippen LogP contribution in [-0.4, -0.2) is 23.4 Å². The van der Waals surface area contributed by atoms with Crippen molar-refractivity contribution < 1.29 is 14.8 Å². The van der Waals surface area contributed by atoms with Gasteiger partial charge < -0.3 is 9.84 Å². The van der Waals surface area contributed by atoms with E-state index < -0.39 is 4.92 Å². The average Bonchev–Trinajstić information content (AvgIpc) is 2.49. The van der Waals surface area contributed by atoms with Crippen molar-refractivity contribution in [1.29, 1.82) is 0 Å². The molecule has 2 aromatic rings. The van der Waals surface area contributed by atoms with E-state index in [1.165, 1.54) is 31.5 Å². The Hall–Kier alpha value is -3.09. The van der Waals surface area contributed by atoms with E-state index in [9.17, 15) is 15.2 Å². The van der Waals surface area contributed by atoms with Gasteiger partial charge in [-0.25, -0.2) is 0 Å². The number of nitrogens with one attached hydrogen (secondary N) is 1. The number of non-ortho nitro benzene ring substituents is 1. The fraction of sp³-hybridized carbons (Fsp3) is 0.0714. The Morgan fingerprint density at radius 3 is 2.81 bits per heavy atom. The standard InChI is InChI=1S/C14H13N3O4/c1-21-14-5-3-2-4-12(14)16-15-9-10-8-11(17(19)20)6-7-13(10)18/h2-9,16,18H,1H3/b15-9-. The zero-order valence-electron chi connectivity index (χ0n) is 11.2. The monoisotopic (exact) mass is 287 g/mol. The van der Waals surface area contributed by atoms with E-state index in [1.54, 1.807) is 12.1 Å². The number of ether oxygens (including phenoxy) is 1. The molecular formula is C14H13N3O4. The number of aromatic hydroxyl groups is 1. The lowest BCUT2D eigenvalue weighted by atomic mass is 10.2. The molecule has 0 unspecified atom stereocenters. The second kappa shape index (κ2) is 6.38. The molecule has 2 rings (SSSR count). The van der Waals surface area contributed by atoms with Crippen molar-refractivity contribution in [1.82, 2.24) is 0 Å². The van der Waals surface area contributed by atoms with Crippen molar-refractivity contribution in [2.45, 2.75) is 0 Å². The number of hydrogen-bond donors (Lipinski definition) is 2. The molecule has 7 heteroatoms. The summed E-state index contributed by atoms with van der Waals surface area (Å²) in [6, 6.07) is 10.9. The van der Waals surface area contributed by atoms with Gasteiger partial charge in [0.1, 0.15) is 11.5 Å². The lowest BCUT2D eigenvalue weighted by molar-refractivity contribution is -0.384. The molecular weight excluding hydrogens is 274 g/mol. The summed E-state index contributed by atoms with van der Waals surface area (Å²) >= 11 is 0. The molecule has 0 aliphatic carbocycles. The summed E-state index contributed by atoms with van der Waals surface area (Å²) in [6.45, 7) is 0. The maximum Gasteiger partial charge on any atom is 0.270 e. The third kappa shape index (κ3) is 3.47. The predicted molar refractivity (Wildman–Crippen MR) is 79.0 cm³/mol. The summed E-state index contributed by atoms with van der Waals surface area (Å²) in [5.74, 6) is 0.518. The van der Waals surface area contributed by atoms with Crippen LogP contribution in [0.2, 0.25) is 0 Å². The fourth-order valence-electron chi connectivity index (χ4n) is 1.67. The van der Waals surface area contributed by atoms with Crippen molar-refractivity contribution >= 4 is 17.6 Å². The highest BCUT2D eigenvalue weighted by Crippen LogP contribution is 2.24. The zero-order valence-corrected chi connectivity index (χ0v) is 11.2. The Morgan fingerprint density at radius 2 is 2.10 bits per heavy atom. The van der Waals surface area contributed by atoms with Crippen LogP contribution in [0.15, 0.2) is 47.6 Å². The number of nitro benzene ring substituents is 1. The number of hydrogen-bond acceptors (Lipinski definition) is 6. The van der Waals surface area contributed by atoms with Crippen LogP contribution in [0.25, 0.3) is 0 Å². The van der Waals surface area contributed by atoms with Gasteiger partial charge >= 0.3 is 0 Å². The molecule has 0 radical (unpaired) electrons. The first-order valence-electron chi connectivity index (χ1n) is 6.01. The van der Waals surface area contributed by atoms with E-state index in [4.69, 9.17) is 4.74 Å². The number of phenolic OH excluding ortho intramolecular Hbond substituents is 1. The Kier molecular flexibility index (Phi) is 4.35. The number of benzene rings is 2. The van der Waals surface area contributed by atoms with Gasteiger partial charge in [0.15, 0.2) is 0 Å².